The molecule has 0 saturated heterocycles. The fraction of sp³-hybridized carbons (Fsp3) is 0.286. The van der Waals surface area contributed by atoms with Crippen molar-refractivity contribution in [2.45, 2.75) is 6.61 Å². The molecule has 0 saturated carbocycles. The van der Waals surface area contributed by atoms with E-state index in [0.717, 1.165) is 0 Å². The fourth-order valence-corrected chi connectivity index (χ4v) is 2.31. The molecule has 158 valence electrons. The summed E-state index contributed by atoms with van der Waals surface area (Å²) in [6.07, 6.45) is 1.39. The number of carbonyl (C=O) groups excluding carboxylic acids is 2. The highest BCUT2D eigenvalue weighted by Crippen LogP contribution is 2.30. The molecule has 0 atom stereocenters. The molecule has 0 fully saturated rings. The van der Waals surface area contributed by atoms with Crippen LogP contribution >= 0.6 is 0 Å². The van der Waals surface area contributed by atoms with Gasteiger partial charge in [-0.05, 0) is 35.9 Å². The highest BCUT2D eigenvalue weighted by molar-refractivity contribution is 5.98. The van der Waals surface area contributed by atoms with Crippen LogP contribution in [-0.2, 0) is 25.6 Å². The number of hydrogen-bond donors (Lipinski definition) is 0. The summed E-state index contributed by atoms with van der Waals surface area (Å²) in [4.78, 5) is 23.4. The molecule has 2 rings (SSSR count). The van der Waals surface area contributed by atoms with Gasteiger partial charge in [-0.25, -0.2) is 9.59 Å². The number of nitriles is 1. The molecular weight excluding hydrogens is 394 g/mol. The van der Waals surface area contributed by atoms with Crippen molar-refractivity contribution >= 4 is 18.0 Å². The standard InChI is InChI=1S/C21H21NO8/c1-25-8-9-28-20(23)15(12-22)10-14-4-6-17(19(11-14)26-2)29-13-16-5-7-18(30-16)21(24)27-3/h4-7,10-11H,8-9,13H2,1-3H3. The molecule has 0 N–H and O–H groups in total. The zero-order valence-electron chi connectivity index (χ0n) is 16.8. The maximum atomic E-state index is 11.9. The number of nitrogens with zero attached hydrogens (tertiary/aromatic N) is 1. The van der Waals surface area contributed by atoms with Crippen molar-refractivity contribution in [3.05, 3.63) is 53.0 Å². The molecule has 1 aromatic heterocycles. The summed E-state index contributed by atoms with van der Waals surface area (Å²) in [5.74, 6) is -0.0329. The largest absolute Gasteiger partial charge is 0.493 e. The molecule has 0 radical (unpaired) electrons. The van der Waals surface area contributed by atoms with Crippen LogP contribution < -0.4 is 9.47 Å². The van der Waals surface area contributed by atoms with Crippen LogP contribution in [0.5, 0.6) is 11.5 Å². The summed E-state index contributed by atoms with van der Waals surface area (Å²) in [6.45, 7) is 0.341. The number of hydrogen-bond acceptors (Lipinski definition) is 9. The molecule has 0 amide bonds. The predicted octanol–water partition coefficient (Wildman–Crippen LogP) is 2.75. The Labute approximate surface area is 173 Å². The number of benzene rings is 1. The summed E-state index contributed by atoms with van der Waals surface area (Å²) in [6, 6.07) is 9.79. The van der Waals surface area contributed by atoms with Gasteiger partial charge in [0.25, 0.3) is 0 Å². The summed E-state index contributed by atoms with van der Waals surface area (Å²) in [7, 11) is 4.20. The Morgan fingerprint density at radius 2 is 1.90 bits per heavy atom. The summed E-state index contributed by atoms with van der Waals surface area (Å²) >= 11 is 0. The lowest BCUT2D eigenvalue weighted by Crippen LogP contribution is -2.11. The molecule has 0 bridgehead atoms. The van der Waals surface area contributed by atoms with Crippen LogP contribution in [0, 0.1) is 11.3 Å². The van der Waals surface area contributed by atoms with Crippen LogP contribution in [0.25, 0.3) is 6.08 Å². The Morgan fingerprint density at radius 1 is 1.10 bits per heavy atom. The minimum absolute atomic E-state index is 0.0505. The lowest BCUT2D eigenvalue weighted by Gasteiger charge is -2.10. The second kappa shape index (κ2) is 11.3. The first-order valence-corrected chi connectivity index (χ1v) is 8.78. The monoisotopic (exact) mass is 415 g/mol. The van der Waals surface area contributed by atoms with Crippen LogP contribution in [0.3, 0.4) is 0 Å². The summed E-state index contributed by atoms with van der Waals surface area (Å²) < 4.78 is 30.7. The first kappa shape index (κ1) is 22.5. The molecule has 1 heterocycles. The van der Waals surface area contributed by atoms with Crippen LogP contribution in [0.15, 0.2) is 40.3 Å². The normalized spacial score (nSPS) is 10.8. The molecule has 9 heteroatoms. The van der Waals surface area contributed by atoms with Crippen LogP contribution in [0.1, 0.15) is 21.9 Å². The third-order valence-corrected chi connectivity index (χ3v) is 3.78. The molecule has 0 aliphatic rings. The topological polar surface area (TPSA) is 117 Å². The van der Waals surface area contributed by atoms with Crippen LogP contribution in [-0.4, -0.2) is 46.5 Å². The number of esters is 2. The lowest BCUT2D eigenvalue weighted by atomic mass is 10.1. The smallest absolute Gasteiger partial charge is 0.373 e. The van der Waals surface area contributed by atoms with Gasteiger partial charge in [-0.1, -0.05) is 6.07 Å². The van der Waals surface area contributed by atoms with Gasteiger partial charge >= 0.3 is 11.9 Å². The van der Waals surface area contributed by atoms with Crippen molar-refractivity contribution in [3.8, 4) is 17.6 Å². The van der Waals surface area contributed by atoms with E-state index >= 15 is 0 Å². The van der Waals surface area contributed by atoms with Gasteiger partial charge in [0.05, 0.1) is 20.8 Å². The summed E-state index contributed by atoms with van der Waals surface area (Å²) in [5, 5.41) is 9.21. The second-order valence-corrected chi connectivity index (χ2v) is 5.76. The van der Waals surface area contributed by atoms with Crippen LogP contribution in [0.2, 0.25) is 0 Å². The average Bonchev–Trinajstić information content (AvgIpc) is 3.24. The molecule has 30 heavy (non-hydrogen) atoms. The van der Waals surface area contributed by atoms with E-state index in [0.29, 0.717) is 22.8 Å². The Hall–Kier alpha value is -3.77. The van der Waals surface area contributed by atoms with E-state index in [1.165, 1.54) is 33.5 Å². The van der Waals surface area contributed by atoms with Gasteiger partial charge in [0, 0.05) is 7.11 Å². The molecule has 0 unspecified atom stereocenters. The maximum Gasteiger partial charge on any atom is 0.373 e. The van der Waals surface area contributed by atoms with Crippen molar-refractivity contribution < 1.29 is 37.7 Å². The van der Waals surface area contributed by atoms with Gasteiger partial charge < -0.3 is 28.1 Å². The van der Waals surface area contributed by atoms with Crippen LogP contribution in [0.4, 0.5) is 0 Å². The summed E-state index contributed by atoms with van der Waals surface area (Å²) in [5.41, 5.74) is 0.387. The third kappa shape index (κ3) is 6.12. The molecule has 0 spiro atoms. The minimum Gasteiger partial charge on any atom is -0.493 e. The molecule has 0 aliphatic carbocycles. The molecule has 9 nitrogen and oxygen atoms in total. The quantitative estimate of drug-likeness (QED) is 0.250. The zero-order chi connectivity index (χ0) is 21.9. The van der Waals surface area contributed by atoms with Gasteiger partial charge in [0.2, 0.25) is 5.76 Å². The third-order valence-electron chi connectivity index (χ3n) is 3.78. The molecule has 0 aliphatic heterocycles. The maximum absolute atomic E-state index is 11.9. The minimum atomic E-state index is -0.743. The van der Waals surface area contributed by atoms with Crippen molar-refractivity contribution in [1.82, 2.24) is 0 Å². The first-order valence-electron chi connectivity index (χ1n) is 8.78. The van der Waals surface area contributed by atoms with E-state index in [9.17, 15) is 14.9 Å². The number of carbonyl (C=O) groups is 2. The number of ether oxygens (including phenoxy) is 5. The highest BCUT2D eigenvalue weighted by atomic mass is 16.6. The lowest BCUT2D eigenvalue weighted by molar-refractivity contribution is -0.139. The Kier molecular flexibility index (Phi) is 8.47. The number of rotatable bonds is 10. The van der Waals surface area contributed by atoms with E-state index in [2.05, 4.69) is 4.74 Å². The molecule has 2 aromatic rings. The Balaban J connectivity index is 2.10. The van der Waals surface area contributed by atoms with E-state index in [1.54, 1.807) is 24.3 Å². The van der Waals surface area contributed by atoms with Crippen molar-refractivity contribution in [2.75, 3.05) is 34.5 Å². The van der Waals surface area contributed by atoms with Crippen molar-refractivity contribution in [1.29, 1.82) is 5.26 Å². The van der Waals surface area contributed by atoms with Gasteiger partial charge in [0.1, 0.15) is 30.6 Å². The van der Waals surface area contributed by atoms with E-state index in [1.807, 2.05) is 6.07 Å². The van der Waals surface area contributed by atoms with Crippen molar-refractivity contribution in [2.24, 2.45) is 0 Å². The highest BCUT2D eigenvalue weighted by Gasteiger charge is 2.14. The van der Waals surface area contributed by atoms with E-state index in [4.69, 9.17) is 23.4 Å². The Bertz CT molecular complexity index is 954. The molecule has 1 aromatic carbocycles. The molecular formula is C21H21NO8. The van der Waals surface area contributed by atoms with E-state index < -0.39 is 11.9 Å². The number of methoxy groups -OCH3 is 3. The van der Waals surface area contributed by atoms with Gasteiger partial charge in [0.15, 0.2) is 11.5 Å². The number of furan rings is 1. The first-order chi connectivity index (χ1) is 14.5. The van der Waals surface area contributed by atoms with Gasteiger partial charge in [-0.2, -0.15) is 5.26 Å². The van der Waals surface area contributed by atoms with Gasteiger partial charge in [-0.15, -0.1) is 0 Å². The Morgan fingerprint density at radius 3 is 2.57 bits per heavy atom. The van der Waals surface area contributed by atoms with Crippen molar-refractivity contribution in [3.63, 3.8) is 0 Å². The fourth-order valence-electron chi connectivity index (χ4n) is 2.31. The van der Waals surface area contributed by atoms with E-state index in [-0.39, 0.29) is 31.2 Å². The predicted molar refractivity (Wildman–Crippen MR) is 104 cm³/mol. The SMILES string of the molecule is COCCOC(=O)C(C#N)=Cc1ccc(OCc2ccc(C(=O)OC)o2)c(OC)c1. The average molecular weight is 415 g/mol. The van der Waals surface area contributed by atoms with Gasteiger partial charge in [-0.3, -0.25) is 0 Å². The zero-order valence-corrected chi connectivity index (χ0v) is 16.8. The second-order valence-electron chi connectivity index (χ2n) is 5.76.